The average Bonchev–Trinajstić information content (AvgIpc) is 2.11. The maximum absolute atomic E-state index is 13.1. The molecule has 0 heterocycles. The van der Waals surface area contributed by atoms with Gasteiger partial charge in [-0.1, -0.05) is 0 Å². The molecule has 0 spiro atoms. The predicted octanol–water partition coefficient (Wildman–Crippen LogP) is 2.63. The molecule has 0 fully saturated rings. The number of nitrogens with zero attached hydrogens (tertiary/aromatic N) is 1. The molecule has 0 aliphatic carbocycles. The van der Waals surface area contributed by atoms with Crippen molar-refractivity contribution in [3.05, 3.63) is 38.7 Å². The number of benzene rings is 1. The Labute approximate surface area is 77.3 Å². The molecule has 0 N–H and O–H groups in total. The minimum absolute atomic E-state index is 0.254. The van der Waals surface area contributed by atoms with Crippen LogP contribution in [0, 0.1) is 41.4 Å². The van der Waals surface area contributed by atoms with Gasteiger partial charge in [-0.25, -0.2) is 4.39 Å². The quantitative estimate of drug-likeness (QED) is 0.401. The van der Waals surface area contributed by atoms with Crippen LogP contribution < -0.4 is 0 Å². The molecule has 0 radical (unpaired) electrons. The van der Waals surface area contributed by atoms with Crippen LogP contribution in [0.5, 0.6) is 0 Å². The molecular weight excluding hydrogens is 199 g/mol. The first-order chi connectivity index (χ1) is 6.37. The summed E-state index contributed by atoms with van der Waals surface area (Å²) in [6.45, 7) is 2.31. The third-order valence-corrected chi connectivity index (χ3v) is 2.01. The number of halogens is 3. The summed E-state index contributed by atoms with van der Waals surface area (Å²) in [5, 5.41) is 10.2. The second-order valence-corrected chi connectivity index (χ2v) is 2.80. The SMILES string of the molecule is Cc1c(C)c(F)c([N+](=O)[O-])c(F)c1F. The molecule has 1 rings (SSSR count). The van der Waals surface area contributed by atoms with Crippen molar-refractivity contribution in [1.82, 2.24) is 0 Å². The summed E-state index contributed by atoms with van der Waals surface area (Å²) < 4.78 is 38.9. The van der Waals surface area contributed by atoms with Crippen molar-refractivity contribution in [1.29, 1.82) is 0 Å². The molecule has 1 aromatic carbocycles. The van der Waals surface area contributed by atoms with Gasteiger partial charge in [0.2, 0.25) is 11.6 Å². The predicted molar refractivity (Wildman–Crippen MR) is 42.4 cm³/mol. The summed E-state index contributed by atoms with van der Waals surface area (Å²) in [6, 6.07) is 0. The van der Waals surface area contributed by atoms with Crippen LogP contribution in [0.15, 0.2) is 0 Å². The van der Waals surface area contributed by atoms with Gasteiger partial charge < -0.3 is 0 Å². The fourth-order valence-electron chi connectivity index (χ4n) is 1.03. The topological polar surface area (TPSA) is 43.1 Å². The number of hydrogen-bond acceptors (Lipinski definition) is 2. The maximum Gasteiger partial charge on any atom is 0.343 e. The Kier molecular flexibility index (Phi) is 2.46. The van der Waals surface area contributed by atoms with Crippen molar-refractivity contribution in [2.24, 2.45) is 0 Å². The molecule has 6 heteroatoms. The van der Waals surface area contributed by atoms with E-state index in [0.717, 1.165) is 13.8 Å². The minimum atomic E-state index is -1.75. The lowest BCUT2D eigenvalue weighted by Crippen LogP contribution is -2.04. The van der Waals surface area contributed by atoms with E-state index in [9.17, 15) is 23.3 Å². The Hall–Kier alpha value is -1.59. The summed E-state index contributed by atoms with van der Waals surface area (Å²) in [4.78, 5) is 8.94. The van der Waals surface area contributed by atoms with Crippen molar-refractivity contribution in [2.75, 3.05) is 0 Å². The number of hydrogen-bond donors (Lipinski definition) is 0. The molecule has 0 bridgehead atoms. The van der Waals surface area contributed by atoms with Crippen LogP contribution in [-0.2, 0) is 0 Å². The lowest BCUT2D eigenvalue weighted by molar-refractivity contribution is -0.390. The van der Waals surface area contributed by atoms with Crippen molar-refractivity contribution in [3.63, 3.8) is 0 Å². The van der Waals surface area contributed by atoms with Crippen molar-refractivity contribution < 1.29 is 18.1 Å². The average molecular weight is 205 g/mol. The van der Waals surface area contributed by atoms with Gasteiger partial charge in [-0.3, -0.25) is 10.1 Å². The third-order valence-electron chi connectivity index (χ3n) is 2.01. The van der Waals surface area contributed by atoms with E-state index in [4.69, 9.17) is 0 Å². The second kappa shape index (κ2) is 3.28. The van der Waals surface area contributed by atoms with E-state index in [0.29, 0.717) is 0 Å². The van der Waals surface area contributed by atoms with Crippen LogP contribution in [0.1, 0.15) is 11.1 Å². The monoisotopic (exact) mass is 205 g/mol. The summed E-state index contributed by atoms with van der Waals surface area (Å²) in [5.74, 6) is -4.46. The van der Waals surface area contributed by atoms with Crippen LogP contribution in [0.25, 0.3) is 0 Å². The van der Waals surface area contributed by atoms with Gasteiger partial charge >= 0.3 is 5.69 Å². The Morgan fingerprint density at radius 3 is 1.86 bits per heavy atom. The first-order valence-corrected chi connectivity index (χ1v) is 3.66. The van der Waals surface area contributed by atoms with Crippen LogP contribution >= 0.6 is 0 Å². The lowest BCUT2D eigenvalue weighted by atomic mass is 10.1. The molecule has 0 unspecified atom stereocenters. The molecule has 14 heavy (non-hydrogen) atoms. The molecular formula is C8H6F3NO2. The highest BCUT2D eigenvalue weighted by Crippen LogP contribution is 2.29. The Morgan fingerprint density at radius 2 is 1.43 bits per heavy atom. The molecule has 0 aromatic heterocycles. The smallest absolute Gasteiger partial charge is 0.258 e. The van der Waals surface area contributed by atoms with Gasteiger partial charge in [-0.05, 0) is 25.0 Å². The third kappa shape index (κ3) is 1.32. The van der Waals surface area contributed by atoms with E-state index in [1.54, 1.807) is 0 Å². The summed E-state index contributed by atoms with van der Waals surface area (Å²) >= 11 is 0. The number of nitro benzene ring substituents is 1. The zero-order valence-corrected chi connectivity index (χ0v) is 7.40. The van der Waals surface area contributed by atoms with Gasteiger partial charge in [0.1, 0.15) is 0 Å². The first kappa shape index (κ1) is 10.5. The van der Waals surface area contributed by atoms with E-state index in [-0.39, 0.29) is 11.1 Å². The van der Waals surface area contributed by atoms with Gasteiger partial charge in [0, 0.05) is 0 Å². The molecule has 0 atom stereocenters. The lowest BCUT2D eigenvalue weighted by Gasteiger charge is -2.05. The molecule has 0 amide bonds. The standard InChI is InChI=1S/C8H6F3NO2/c1-3-4(2)6(10)8(12(13)14)7(11)5(3)9/h1-2H3. The van der Waals surface area contributed by atoms with Crippen LogP contribution in [0.3, 0.4) is 0 Å². The van der Waals surface area contributed by atoms with Gasteiger partial charge in [-0.15, -0.1) is 0 Å². The van der Waals surface area contributed by atoms with Crippen molar-refractivity contribution >= 4 is 5.69 Å². The van der Waals surface area contributed by atoms with Crippen LogP contribution in [0.4, 0.5) is 18.9 Å². The van der Waals surface area contributed by atoms with E-state index in [1.807, 2.05) is 0 Å². The molecule has 3 nitrogen and oxygen atoms in total. The van der Waals surface area contributed by atoms with Crippen LogP contribution in [0.2, 0.25) is 0 Å². The summed E-state index contributed by atoms with van der Waals surface area (Å²) in [6.07, 6.45) is 0. The highest BCUT2D eigenvalue weighted by atomic mass is 19.2. The Morgan fingerprint density at radius 1 is 1.00 bits per heavy atom. The summed E-state index contributed by atoms with van der Waals surface area (Å²) in [7, 11) is 0. The van der Waals surface area contributed by atoms with Gasteiger partial charge in [0.25, 0.3) is 0 Å². The molecule has 76 valence electrons. The van der Waals surface area contributed by atoms with Gasteiger partial charge in [0.15, 0.2) is 5.82 Å². The zero-order chi connectivity index (χ0) is 11.0. The molecule has 1 aromatic rings. The molecule has 0 saturated heterocycles. The molecule has 0 saturated carbocycles. The van der Waals surface area contributed by atoms with E-state index < -0.39 is 28.1 Å². The fraction of sp³-hybridized carbons (Fsp3) is 0.250. The highest BCUT2D eigenvalue weighted by Gasteiger charge is 2.28. The fourth-order valence-corrected chi connectivity index (χ4v) is 1.03. The van der Waals surface area contributed by atoms with Gasteiger partial charge in [-0.2, -0.15) is 8.78 Å². The maximum atomic E-state index is 13.1. The van der Waals surface area contributed by atoms with E-state index >= 15 is 0 Å². The normalized spacial score (nSPS) is 10.4. The largest absolute Gasteiger partial charge is 0.343 e. The highest BCUT2D eigenvalue weighted by molar-refractivity contribution is 5.43. The molecule has 0 aliphatic rings. The zero-order valence-electron chi connectivity index (χ0n) is 7.40. The number of nitro groups is 1. The van der Waals surface area contributed by atoms with Gasteiger partial charge in [0.05, 0.1) is 4.92 Å². The summed E-state index contributed by atoms with van der Waals surface area (Å²) in [5.41, 5.74) is -1.95. The first-order valence-electron chi connectivity index (χ1n) is 3.66. The van der Waals surface area contributed by atoms with E-state index in [1.165, 1.54) is 0 Å². The van der Waals surface area contributed by atoms with Crippen molar-refractivity contribution in [3.8, 4) is 0 Å². The molecule has 0 aliphatic heterocycles. The minimum Gasteiger partial charge on any atom is -0.258 e. The van der Waals surface area contributed by atoms with E-state index in [2.05, 4.69) is 0 Å². The second-order valence-electron chi connectivity index (χ2n) is 2.80. The Bertz CT molecular complexity index is 389. The van der Waals surface area contributed by atoms with Crippen LogP contribution in [-0.4, -0.2) is 4.92 Å². The van der Waals surface area contributed by atoms with Crippen molar-refractivity contribution in [2.45, 2.75) is 13.8 Å². The Balaban J connectivity index is 3.68. The number of rotatable bonds is 1.